The summed E-state index contributed by atoms with van der Waals surface area (Å²) in [6.07, 6.45) is -1.57. The van der Waals surface area contributed by atoms with Gasteiger partial charge in [-0.15, -0.1) is 0 Å². The summed E-state index contributed by atoms with van der Waals surface area (Å²) in [5, 5.41) is 7.75. The van der Waals surface area contributed by atoms with Crippen LogP contribution in [0, 0.1) is 0 Å². The Hall–Kier alpha value is -1.54. The van der Waals surface area contributed by atoms with E-state index in [0.717, 1.165) is 6.54 Å². The van der Waals surface area contributed by atoms with Crippen molar-refractivity contribution >= 4 is 12.2 Å². The maximum absolute atomic E-state index is 9.76. The lowest BCUT2D eigenvalue weighted by Crippen LogP contribution is -2.41. The summed E-state index contributed by atoms with van der Waals surface area (Å²) in [4.78, 5) is 22.9. The van der Waals surface area contributed by atoms with E-state index in [0.29, 0.717) is 0 Å². The maximum Gasteiger partial charge on any atom is 0.526 e. The van der Waals surface area contributed by atoms with Gasteiger partial charge in [0, 0.05) is 0 Å². The second-order valence-corrected chi connectivity index (χ2v) is 1.37. The summed E-state index contributed by atoms with van der Waals surface area (Å²) in [5.74, 6) is 0. The number of carboxylic acid groups (broad SMARTS) is 1. The quantitative estimate of drug-likeness (QED) is 0.336. The number of nitrogens with two attached hydrogens (primary N) is 2. The van der Waals surface area contributed by atoms with E-state index in [-0.39, 0.29) is 0 Å². The zero-order chi connectivity index (χ0) is 9.98. The fraction of sp³-hybridized carbons (Fsp3) is 0.500. The topological polar surface area (TPSA) is 140 Å². The highest BCUT2D eigenvalue weighted by molar-refractivity contribution is 5.70. The van der Waals surface area contributed by atoms with E-state index in [1.807, 2.05) is 6.92 Å². The molecule has 0 aromatic heterocycles. The summed E-state index contributed by atoms with van der Waals surface area (Å²) in [6.45, 7) is 2.65. The third-order valence-corrected chi connectivity index (χ3v) is 0.313. The van der Waals surface area contributed by atoms with E-state index < -0.39 is 12.2 Å². The smallest absolute Gasteiger partial charge is 0.448 e. The molecule has 0 unspecified atom stereocenters. The van der Waals surface area contributed by atoms with E-state index in [1.54, 1.807) is 11.0 Å². The lowest BCUT2D eigenvalue weighted by molar-refractivity contribution is 0.0308. The first kappa shape index (κ1) is 13.1. The molecule has 0 rings (SSSR count). The SMILES string of the molecule is CCN.NC(=O)NNOC(=O)O. The number of primary amides is 1. The summed E-state index contributed by atoms with van der Waals surface area (Å²) in [6, 6.07) is -0.934. The Kier molecular flexibility index (Phi) is 10.3. The highest BCUT2D eigenvalue weighted by atomic mass is 16.8. The number of hydrazine groups is 1. The Bertz CT molecular complexity index is 125. The van der Waals surface area contributed by atoms with Gasteiger partial charge in [-0.2, -0.15) is 0 Å². The zero-order valence-electron chi connectivity index (χ0n) is 6.53. The third-order valence-electron chi connectivity index (χ3n) is 0.313. The van der Waals surface area contributed by atoms with Crippen LogP contribution >= 0.6 is 0 Å². The number of rotatable bonds is 2. The van der Waals surface area contributed by atoms with Gasteiger partial charge >= 0.3 is 12.2 Å². The highest BCUT2D eigenvalue weighted by Gasteiger charge is 1.94. The minimum atomic E-state index is -1.57. The fourth-order valence-electron chi connectivity index (χ4n) is 0.119. The first-order chi connectivity index (χ1) is 5.54. The molecule has 0 aromatic carbocycles. The lowest BCUT2D eigenvalue weighted by Gasteiger charge is -1.98. The molecule has 0 aliphatic carbocycles. The third kappa shape index (κ3) is 23.7. The first-order valence-corrected chi connectivity index (χ1v) is 2.94. The number of hydrogen-bond acceptors (Lipinski definition) is 5. The van der Waals surface area contributed by atoms with Crippen molar-refractivity contribution in [2.24, 2.45) is 11.5 Å². The van der Waals surface area contributed by atoms with Crippen molar-refractivity contribution < 1.29 is 19.5 Å². The average molecular weight is 180 g/mol. The first-order valence-electron chi connectivity index (χ1n) is 2.94. The summed E-state index contributed by atoms with van der Waals surface area (Å²) >= 11 is 0. The maximum atomic E-state index is 9.76. The summed E-state index contributed by atoms with van der Waals surface area (Å²) < 4.78 is 0. The van der Waals surface area contributed by atoms with Gasteiger partial charge in [0.2, 0.25) is 0 Å². The van der Waals surface area contributed by atoms with E-state index in [1.165, 1.54) is 0 Å². The van der Waals surface area contributed by atoms with Crippen LogP contribution in [0.2, 0.25) is 0 Å². The predicted octanol–water partition coefficient (Wildman–Crippen LogP) is -1.27. The van der Waals surface area contributed by atoms with Crippen LogP contribution in [0.25, 0.3) is 0 Å². The van der Waals surface area contributed by atoms with Crippen LogP contribution in [0.4, 0.5) is 9.59 Å². The van der Waals surface area contributed by atoms with Crippen LogP contribution < -0.4 is 22.5 Å². The molecule has 0 saturated carbocycles. The van der Waals surface area contributed by atoms with Gasteiger partial charge < -0.3 is 21.4 Å². The van der Waals surface area contributed by atoms with Gasteiger partial charge in [0.05, 0.1) is 0 Å². The molecule has 0 saturated heterocycles. The number of carbonyl (C=O) groups excluding carboxylic acids is 1. The van der Waals surface area contributed by atoms with Crippen molar-refractivity contribution in [3.05, 3.63) is 0 Å². The molecular weight excluding hydrogens is 168 g/mol. The molecule has 0 bridgehead atoms. The van der Waals surface area contributed by atoms with E-state index in [9.17, 15) is 9.59 Å². The minimum Gasteiger partial charge on any atom is -0.448 e. The molecule has 0 fully saturated rings. The normalized spacial score (nSPS) is 7.50. The van der Waals surface area contributed by atoms with Gasteiger partial charge in [0.15, 0.2) is 0 Å². The zero-order valence-corrected chi connectivity index (χ0v) is 6.53. The van der Waals surface area contributed by atoms with Gasteiger partial charge in [-0.05, 0) is 6.54 Å². The van der Waals surface area contributed by atoms with Crippen molar-refractivity contribution in [3.8, 4) is 0 Å². The van der Waals surface area contributed by atoms with Crippen molar-refractivity contribution in [3.63, 3.8) is 0 Å². The highest BCUT2D eigenvalue weighted by Crippen LogP contribution is 1.62. The Morgan fingerprint density at radius 2 is 2.00 bits per heavy atom. The van der Waals surface area contributed by atoms with Crippen LogP contribution in [-0.4, -0.2) is 23.8 Å². The molecule has 8 nitrogen and oxygen atoms in total. The second kappa shape index (κ2) is 9.46. The Balaban J connectivity index is 0. The largest absolute Gasteiger partial charge is 0.526 e. The van der Waals surface area contributed by atoms with E-state index in [2.05, 4.69) is 10.6 Å². The number of hydrogen-bond donors (Lipinski definition) is 5. The molecule has 7 N–H and O–H groups in total. The number of urea groups is 1. The second-order valence-electron chi connectivity index (χ2n) is 1.37. The molecular formula is C4H12N4O4. The van der Waals surface area contributed by atoms with Crippen molar-refractivity contribution in [1.29, 1.82) is 0 Å². The Morgan fingerprint density at radius 1 is 1.58 bits per heavy atom. The van der Waals surface area contributed by atoms with Gasteiger partial charge in [-0.1, -0.05) is 12.5 Å². The minimum absolute atomic E-state index is 0.750. The molecule has 2 amide bonds. The van der Waals surface area contributed by atoms with Crippen molar-refractivity contribution in [1.82, 2.24) is 11.0 Å². The molecule has 72 valence electrons. The van der Waals surface area contributed by atoms with Gasteiger partial charge in [0.1, 0.15) is 0 Å². The molecule has 0 atom stereocenters. The van der Waals surface area contributed by atoms with Crippen LogP contribution in [0.3, 0.4) is 0 Å². The van der Waals surface area contributed by atoms with E-state index in [4.69, 9.17) is 10.8 Å². The Morgan fingerprint density at radius 3 is 2.25 bits per heavy atom. The predicted molar refractivity (Wildman–Crippen MR) is 39.7 cm³/mol. The summed E-state index contributed by atoms with van der Waals surface area (Å²) in [7, 11) is 0. The standard InChI is InChI=1S/C2H5N3O4.C2H7N/c3-1(6)4-5-9-2(7)8;1-2-3/h5H,(H,7,8)(H3,3,4,6);2-3H2,1H3. The van der Waals surface area contributed by atoms with Crippen molar-refractivity contribution in [2.45, 2.75) is 6.92 Å². The fourth-order valence-corrected chi connectivity index (χ4v) is 0.119. The number of nitrogens with one attached hydrogen (secondary N) is 2. The van der Waals surface area contributed by atoms with Gasteiger partial charge in [-0.3, -0.25) is 0 Å². The van der Waals surface area contributed by atoms with Crippen LogP contribution in [0.15, 0.2) is 0 Å². The van der Waals surface area contributed by atoms with Gasteiger partial charge in [-0.25, -0.2) is 15.0 Å². The average Bonchev–Trinajstić information content (AvgIpc) is 1.87. The number of carbonyl (C=O) groups is 2. The molecule has 0 aliphatic rings. The molecule has 0 aromatic rings. The van der Waals surface area contributed by atoms with E-state index >= 15 is 0 Å². The van der Waals surface area contributed by atoms with Crippen LogP contribution in [-0.2, 0) is 4.84 Å². The van der Waals surface area contributed by atoms with Crippen LogP contribution in [0.1, 0.15) is 6.92 Å². The molecule has 0 radical (unpaired) electrons. The molecule has 12 heavy (non-hydrogen) atoms. The van der Waals surface area contributed by atoms with Crippen LogP contribution in [0.5, 0.6) is 0 Å². The summed E-state index contributed by atoms with van der Waals surface area (Å²) in [5.41, 5.74) is 12.6. The molecule has 0 spiro atoms. The lowest BCUT2D eigenvalue weighted by atomic mass is 10.8. The molecule has 0 aliphatic heterocycles. The monoisotopic (exact) mass is 180 g/mol. The Labute approximate surface area is 68.8 Å². The molecule has 8 heteroatoms. The van der Waals surface area contributed by atoms with Crippen molar-refractivity contribution in [2.75, 3.05) is 6.54 Å². The number of amides is 2. The van der Waals surface area contributed by atoms with Gasteiger partial charge in [0.25, 0.3) is 0 Å². The molecule has 0 heterocycles.